The van der Waals surface area contributed by atoms with Crippen molar-refractivity contribution in [2.75, 3.05) is 11.5 Å². The first kappa shape index (κ1) is 9.01. The summed E-state index contributed by atoms with van der Waals surface area (Å²) in [5, 5.41) is 4.07. The quantitative estimate of drug-likeness (QED) is 0.800. The number of halogens is 1. The van der Waals surface area contributed by atoms with Crippen molar-refractivity contribution in [3.05, 3.63) is 29.0 Å². The molecule has 0 saturated carbocycles. The van der Waals surface area contributed by atoms with Crippen molar-refractivity contribution in [3.63, 3.8) is 0 Å². The number of pyridine rings is 1. The fourth-order valence-corrected chi connectivity index (χ4v) is 1.31. The summed E-state index contributed by atoms with van der Waals surface area (Å²) >= 11 is 3.30. The summed E-state index contributed by atoms with van der Waals surface area (Å²) in [6.45, 7) is 0. The van der Waals surface area contributed by atoms with Gasteiger partial charge < -0.3 is 11.5 Å². The van der Waals surface area contributed by atoms with Gasteiger partial charge in [0.25, 0.3) is 0 Å². The van der Waals surface area contributed by atoms with E-state index in [0.29, 0.717) is 17.3 Å². The van der Waals surface area contributed by atoms with Gasteiger partial charge in [-0.25, -0.2) is 9.67 Å². The van der Waals surface area contributed by atoms with E-state index in [4.69, 9.17) is 11.5 Å². The molecule has 2 rings (SSSR count). The lowest BCUT2D eigenvalue weighted by molar-refractivity contribution is 0.849. The van der Waals surface area contributed by atoms with E-state index < -0.39 is 0 Å². The van der Waals surface area contributed by atoms with Gasteiger partial charge in [0.1, 0.15) is 5.82 Å². The summed E-state index contributed by atoms with van der Waals surface area (Å²) in [4.78, 5) is 4.09. The Bertz CT molecular complexity index is 465. The molecule has 2 aromatic rings. The molecule has 0 aliphatic rings. The number of nitrogens with two attached hydrogens (primary N) is 2. The van der Waals surface area contributed by atoms with E-state index in [0.717, 1.165) is 4.47 Å². The molecule has 4 N–H and O–H groups in total. The lowest BCUT2D eigenvalue weighted by atomic mass is 10.4. The molecule has 0 aliphatic carbocycles. The van der Waals surface area contributed by atoms with Crippen LogP contribution in [0.5, 0.6) is 0 Å². The Morgan fingerprint density at radius 2 is 2.07 bits per heavy atom. The molecule has 0 spiro atoms. The standard InChI is InChI=1S/C8H8BrN5/c9-5-3-12-14(4-5)7-2-1-6(10)8(11)13-7/h1-4H,10H2,(H2,11,13). The maximum absolute atomic E-state index is 5.58. The third-order valence-electron chi connectivity index (χ3n) is 1.73. The molecule has 6 heteroatoms. The molecular formula is C8H8BrN5. The Kier molecular flexibility index (Phi) is 2.12. The molecule has 0 amide bonds. The van der Waals surface area contributed by atoms with Gasteiger partial charge in [-0.05, 0) is 28.1 Å². The summed E-state index contributed by atoms with van der Waals surface area (Å²) in [7, 11) is 0. The second-order valence-electron chi connectivity index (χ2n) is 2.75. The van der Waals surface area contributed by atoms with Crippen LogP contribution in [0.4, 0.5) is 11.5 Å². The molecular weight excluding hydrogens is 246 g/mol. The van der Waals surface area contributed by atoms with E-state index in [-0.39, 0.29) is 0 Å². The molecule has 72 valence electrons. The van der Waals surface area contributed by atoms with Crippen molar-refractivity contribution in [2.24, 2.45) is 0 Å². The van der Waals surface area contributed by atoms with Crippen molar-refractivity contribution in [2.45, 2.75) is 0 Å². The highest BCUT2D eigenvalue weighted by atomic mass is 79.9. The van der Waals surface area contributed by atoms with Crippen LogP contribution in [0, 0.1) is 0 Å². The zero-order chi connectivity index (χ0) is 10.1. The molecule has 5 nitrogen and oxygen atoms in total. The van der Waals surface area contributed by atoms with Crippen LogP contribution in [0.1, 0.15) is 0 Å². The van der Waals surface area contributed by atoms with Gasteiger partial charge in [0.15, 0.2) is 5.82 Å². The van der Waals surface area contributed by atoms with Crippen molar-refractivity contribution in [1.29, 1.82) is 0 Å². The Morgan fingerprint density at radius 1 is 1.29 bits per heavy atom. The largest absolute Gasteiger partial charge is 0.396 e. The molecule has 0 fully saturated rings. The summed E-state index contributed by atoms with van der Waals surface area (Å²) in [6.07, 6.45) is 3.46. The van der Waals surface area contributed by atoms with Crippen LogP contribution in [0.25, 0.3) is 5.82 Å². The maximum Gasteiger partial charge on any atom is 0.155 e. The van der Waals surface area contributed by atoms with Gasteiger partial charge in [0, 0.05) is 6.20 Å². The van der Waals surface area contributed by atoms with Crippen molar-refractivity contribution >= 4 is 27.4 Å². The van der Waals surface area contributed by atoms with E-state index in [1.165, 1.54) is 0 Å². The van der Waals surface area contributed by atoms with E-state index in [9.17, 15) is 0 Å². The smallest absolute Gasteiger partial charge is 0.155 e. The van der Waals surface area contributed by atoms with Crippen LogP contribution < -0.4 is 11.5 Å². The van der Waals surface area contributed by atoms with Gasteiger partial charge in [-0.15, -0.1) is 0 Å². The number of nitrogens with zero attached hydrogens (tertiary/aromatic N) is 3. The molecule has 2 heterocycles. The Balaban J connectivity index is 2.47. The number of aromatic nitrogens is 3. The molecule has 0 unspecified atom stereocenters. The predicted molar refractivity (Wildman–Crippen MR) is 57.9 cm³/mol. The molecule has 0 atom stereocenters. The minimum absolute atomic E-state index is 0.314. The van der Waals surface area contributed by atoms with Crippen LogP contribution in [-0.4, -0.2) is 14.8 Å². The highest BCUT2D eigenvalue weighted by Crippen LogP contribution is 2.15. The predicted octanol–water partition coefficient (Wildman–Crippen LogP) is 1.19. The third kappa shape index (κ3) is 1.56. The first-order valence-electron chi connectivity index (χ1n) is 3.89. The maximum atomic E-state index is 5.58. The van der Waals surface area contributed by atoms with Crippen molar-refractivity contribution in [1.82, 2.24) is 14.8 Å². The number of anilines is 2. The van der Waals surface area contributed by atoms with Crippen LogP contribution in [0.3, 0.4) is 0 Å². The number of rotatable bonds is 1. The molecule has 14 heavy (non-hydrogen) atoms. The molecule has 0 aliphatic heterocycles. The zero-order valence-electron chi connectivity index (χ0n) is 7.18. The highest BCUT2D eigenvalue weighted by Gasteiger charge is 2.02. The second kappa shape index (κ2) is 3.30. The Morgan fingerprint density at radius 3 is 2.64 bits per heavy atom. The summed E-state index contributed by atoms with van der Waals surface area (Å²) in [5.74, 6) is 0.955. The molecule has 0 saturated heterocycles. The molecule has 2 aromatic heterocycles. The summed E-state index contributed by atoms with van der Waals surface area (Å²) < 4.78 is 2.49. The average molecular weight is 254 g/mol. The van der Waals surface area contributed by atoms with Gasteiger partial charge in [-0.3, -0.25) is 0 Å². The van der Waals surface area contributed by atoms with E-state index >= 15 is 0 Å². The van der Waals surface area contributed by atoms with E-state index in [2.05, 4.69) is 26.0 Å². The number of nitrogen functional groups attached to an aromatic ring is 2. The topological polar surface area (TPSA) is 82.8 Å². The number of hydrogen-bond donors (Lipinski definition) is 2. The van der Waals surface area contributed by atoms with Gasteiger partial charge in [-0.2, -0.15) is 5.10 Å². The first-order valence-corrected chi connectivity index (χ1v) is 4.68. The highest BCUT2D eigenvalue weighted by molar-refractivity contribution is 9.10. The van der Waals surface area contributed by atoms with Gasteiger partial charge in [0.2, 0.25) is 0 Å². The summed E-state index contributed by atoms with van der Waals surface area (Å²) in [6, 6.07) is 3.46. The summed E-state index contributed by atoms with van der Waals surface area (Å²) in [5.41, 5.74) is 11.6. The van der Waals surface area contributed by atoms with Crippen LogP contribution in [-0.2, 0) is 0 Å². The van der Waals surface area contributed by atoms with Crippen LogP contribution in [0.2, 0.25) is 0 Å². The minimum Gasteiger partial charge on any atom is -0.396 e. The normalized spacial score (nSPS) is 10.4. The van der Waals surface area contributed by atoms with Crippen LogP contribution in [0.15, 0.2) is 29.0 Å². The monoisotopic (exact) mass is 253 g/mol. The number of hydrogen-bond acceptors (Lipinski definition) is 4. The molecule has 0 aromatic carbocycles. The lowest BCUT2D eigenvalue weighted by Gasteiger charge is -2.02. The van der Waals surface area contributed by atoms with Gasteiger partial charge >= 0.3 is 0 Å². The van der Waals surface area contributed by atoms with Crippen molar-refractivity contribution < 1.29 is 0 Å². The fourth-order valence-electron chi connectivity index (χ4n) is 1.03. The van der Waals surface area contributed by atoms with Gasteiger partial charge in [-0.1, -0.05) is 0 Å². The third-order valence-corrected chi connectivity index (χ3v) is 2.14. The molecule has 0 bridgehead atoms. The van der Waals surface area contributed by atoms with Gasteiger partial charge in [0.05, 0.1) is 16.4 Å². The lowest BCUT2D eigenvalue weighted by Crippen LogP contribution is -2.03. The molecule has 0 radical (unpaired) electrons. The Hall–Kier alpha value is -1.56. The van der Waals surface area contributed by atoms with E-state index in [1.807, 2.05) is 0 Å². The average Bonchev–Trinajstić information content (AvgIpc) is 2.57. The Labute approximate surface area is 88.9 Å². The second-order valence-corrected chi connectivity index (χ2v) is 3.66. The minimum atomic E-state index is 0.314. The first-order chi connectivity index (χ1) is 6.66. The van der Waals surface area contributed by atoms with Crippen molar-refractivity contribution in [3.8, 4) is 5.82 Å². The SMILES string of the molecule is Nc1ccc(-n2cc(Br)cn2)nc1N. The fraction of sp³-hybridized carbons (Fsp3) is 0. The zero-order valence-corrected chi connectivity index (χ0v) is 8.77. The van der Waals surface area contributed by atoms with Crippen LogP contribution >= 0.6 is 15.9 Å². The van der Waals surface area contributed by atoms with E-state index in [1.54, 1.807) is 29.2 Å².